The zero-order chi connectivity index (χ0) is 21.3. The van der Waals surface area contributed by atoms with Crippen molar-refractivity contribution in [3.05, 3.63) is 119 Å². The highest BCUT2D eigenvalue weighted by Gasteiger charge is 2.25. The lowest BCUT2D eigenvalue weighted by molar-refractivity contribution is 0.103. The molecule has 0 saturated carbocycles. The number of carbonyl (C=O) groups is 2. The molecule has 4 rings (SSSR count). The van der Waals surface area contributed by atoms with Gasteiger partial charge in [-0.1, -0.05) is 106 Å². The summed E-state index contributed by atoms with van der Waals surface area (Å²) in [6.07, 6.45) is 0. The smallest absolute Gasteiger partial charge is 0.193 e. The molecule has 0 fully saturated rings. The van der Waals surface area contributed by atoms with E-state index < -0.39 is 0 Å². The van der Waals surface area contributed by atoms with Crippen LogP contribution < -0.4 is 0 Å². The van der Waals surface area contributed by atoms with Crippen LogP contribution in [0, 0.1) is 0 Å². The lowest BCUT2D eigenvalue weighted by atomic mass is 9.88. The van der Waals surface area contributed by atoms with Crippen LogP contribution in [-0.4, -0.2) is 11.6 Å². The predicted molar refractivity (Wildman–Crippen MR) is 122 cm³/mol. The van der Waals surface area contributed by atoms with E-state index in [0.717, 1.165) is 16.7 Å². The topological polar surface area (TPSA) is 34.1 Å². The molecule has 0 aromatic heterocycles. The molecule has 0 aliphatic heterocycles. The Hall–Kier alpha value is -3.52. The van der Waals surface area contributed by atoms with E-state index in [0.29, 0.717) is 22.3 Å². The quantitative estimate of drug-likeness (QED) is 0.369. The summed E-state index contributed by atoms with van der Waals surface area (Å²) in [6.45, 7) is 6.46. The number of ketones is 2. The zero-order valence-electron chi connectivity index (χ0n) is 17.5. The minimum absolute atomic E-state index is 0.0380. The second kappa shape index (κ2) is 7.72. The Bertz CT molecular complexity index is 1100. The summed E-state index contributed by atoms with van der Waals surface area (Å²) in [5.41, 5.74) is 5.07. The second-order valence-corrected chi connectivity index (χ2v) is 8.56. The Morgan fingerprint density at radius 2 is 0.967 bits per heavy atom. The Morgan fingerprint density at radius 1 is 0.567 bits per heavy atom. The van der Waals surface area contributed by atoms with Gasteiger partial charge in [0.05, 0.1) is 0 Å². The van der Waals surface area contributed by atoms with Crippen molar-refractivity contribution in [2.75, 3.05) is 0 Å². The molecule has 0 unspecified atom stereocenters. The van der Waals surface area contributed by atoms with Gasteiger partial charge in [-0.25, -0.2) is 0 Å². The summed E-state index contributed by atoms with van der Waals surface area (Å²) in [7, 11) is 0. The molecular weight excluding hydrogens is 368 g/mol. The molecule has 0 amide bonds. The molecule has 2 aliphatic rings. The third-order valence-electron chi connectivity index (χ3n) is 5.45. The van der Waals surface area contributed by atoms with Crippen molar-refractivity contribution in [1.29, 1.82) is 0 Å². The van der Waals surface area contributed by atoms with Crippen LogP contribution in [0.1, 0.15) is 58.2 Å². The molecule has 0 bridgehead atoms. The van der Waals surface area contributed by atoms with Crippen molar-refractivity contribution < 1.29 is 9.59 Å². The fraction of sp³-hybridized carbons (Fsp3) is 0.143. The highest BCUT2D eigenvalue weighted by Crippen LogP contribution is 2.36. The fourth-order valence-corrected chi connectivity index (χ4v) is 3.72. The van der Waals surface area contributed by atoms with Gasteiger partial charge in [-0.2, -0.15) is 0 Å². The molecule has 30 heavy (non-hydrogen) atoms. The highest BCUT2D eigenvalue weighted by molar-refractivity contribution is 6.20. The first kappa shape index (κ1) is 19.8. The van der Waals surface area contributed by atoms with E-state index in [1.165, 1.54) is 0 Å². The van der Waals surface area contributed by atoms with E-state index in [9.17, 15) is 9.59 Å². The molecule has 148 valence electrons. The molecule has 2 aromatic rings. The van der Waals surface area contributed by atoms with Gasteiger partial charge in [0.15, 0.2) is 11.6 Å². The zero-order valence-corrected chi connectivity index (χ0v) is 17.5. The number of hydrogen-bond donors (Lipinski definition) is 0. The number of hydrogen-bond acceptors (Lipinski definition) is 2. The van der Waals surface area contributed by atoms with E-state index in [2.05, 4.69) is 32.9 Å². The van der Waals surface area contributed by atoms with Crippen LogP contribution in [0.3, 0.4) is 0 Å². The normalized spacial score (nSPS) is 11.4. The van der Waals surface area contributed by atoms with Crippen LogP contribution >= 0.6 is 0 Å². The van der Waals surface area contributed by atoms with E-state index in [4.69, 9.17) is 0 Å². The first-order chi connectivity index (χ1) is 14.4. The molecule has 2 aromatic carbocycles. The van der Waals surface area contributed by atoms with E-state index >= 15 is 0 Å². The van der Waals surface area contributed by atoms with Gasteiger partial charge in [0.1, 0.15) is 0 Å². The first-order valence-electron chi connectivity index (χ1n) is 10.1. The number of benzene rings is 2. The summed E-state index contributed by atoms with van der Waals surface area (Å²) in [6, 6.07) is 28.3. The van der Waals surface area contributed by atoms with Gasteiger partial charge in [0, 0.05) is 22.3 Å². The van der Waals surface area contributed by atoms with Crippen LogP contribution in [0.2, 0.25) is 0 Å². The second-order valence-electron chi connectivity index (χ2n) is 8.56. The summed E-state index contributed by atoms with van der Waals surface area (Å²) in [5.74, 6) is -0.146. The van der Waals surface area contributed by atoms with Crippen molar-refractivity contribution in [3.63, 3.8) is 0 Å². The summed E-state index contributed by atoms with van der Waals surface area (Å²) in [4.78, 5) is 26.6. The van der Waals surface area contributed by atoms with Gasteiger partial charge in [0.25, 0.3) is 0 Å². The SMILES string of the molecule is CC(C)(C)c1ccc2c(C(=O)c3ccccc3)cc(C(=O)c3ccccc3)c-2cc1. The number of fused-ring (bicyclic) bond motifs is 1. The molecule has 2 nitrogen and oxygen atoms in total. The molecule has 2 aliphatic carbocycles. The van der Waals surface area contributed by atoms with Crippen LogP contribution in [0.4, 0.5) is 0 Å². The maximum atomic E-state index is 13.3. The predicted octanol–water partition coefficient (Wildman–Crippen LogP) is 6.55. The first-order valence-corrected chi connectivity index (χ1v) is 10.1. The minimum atomic E-state index is -0.0729. The molecule has 2 heteroatoms. The van der Waals surface area contributed by atoms with Crippen LogP contribution in [0.5, 0.6) is 0 Å². The van der Waals surface area contributed by atoms with E-state index in [-0.39, 0.29) is 17.0 Å². The number of rotatable bonds is 4. The van der Waals surface area contributed by atoms with Crippen LogP contribution in [-0.2, 0) is 5.41 Å². The average molecular weight is 392 g/mol. The molecule has 0 spiro atoms. The maximum absolute atomic E-state index is 13.3. The van der Waals surface area contributed by atoms with Gasteiger partial charge in [-0.15, -0.1) is 0 Å². The Morgan fingerprint density at radius 3 is 1.33 bits per heavy atom. The van der Waals surface area contributed by atoms with Crippen molar-refractivity contribution in [1.82, 2.24) is 0 Å². The van der Waals surface area contributed by atoms with Gasteiger partial charge in [-0.05, 0) is 28.2 Å². The Kier molecular flexibility index (Phi) is 5.09. The molecule has 0 atom stereocenters. The lowest BCUT2D eigenvalue weighted by Crippen LogP contribution is -2.09. The fourth-order valence-electron chi connectivity index (χ4n) is 3.72. The van der Waals surface area contributed by atoms with Gasteiger partial charge in [-0.3, -0.25) is 9.59 Å². The van der Waals surface area contributed by atoms with Gasteiger partial charge in [0.2, 0.25) is 0 Å². The van der Waals surface area contributed by atoms with Crippen molar-refractivity contribution >= 4 is 11.6 Å². The average Bonchev–Trinajstić information content (AvgIpc) is 2.95. The standard InChI is InChI=1S/C28H24O2/c1-28(2,3)21-14-16-22-23(17-15-21)25(27(30)20-12-8-5-9-13-20)18-24(22)26(29)19-10-6-4-7-11-19/h4-18H,1-3H3. The molecule has 0 N–H and O–H groups in total. The van der Waals surface area contributed by atoms with Crippen LogP contribution in [0.25, 0.3) is 11.1 Å². The molecule has 0 saturated heterocycles. The largest absolute Gasteiger partial charge is 0.289 e. The third kappa shape index (κ3) is 3.69. The monoisotopic (exact) mass is 392 g/mol. The Labute approximate surface area is 177 Å². The lowest BCUT2D eigenvalue weighted by Gasteiger charge is -2.17. The summed E-state index contributed by atoms with van der Waals surface area (Å²) < 4.78 is 0. The summed E-state index contributed by atoms with van der Waals surface area (Å²) in [5, 5.41) is 0. The minimum Gasteiger partial charge on any atom is -0.289 e. The molecule has 0 heterocycles. The Balaban J connectivity index is 1.93. The molecular formula is C28H24O2. The van der Waals surface area contributed by atoms with Gasteiger partial charge < -0.3 is 0 Å². The van der Waals surface area contributed by atoms with Gasteiger partial charge >= 0.3 is 0 Å². The van der Waals surface area contributed by atoms with Crippen molar-refractivity contribution in [3.8, 4) is 11.1 Å². The maximum Gasteiger partial charge on any atom is 0.193 e. The highest BCUT2D eigenvalue weighted by atomic mass is 16.1. The molecule has 0 radical (unpaired) electrons. The van der Waals surface area contributed by atoms with Crippen molar-refractivity contribution in [2.45, 2.75) is 26.2 Å². The number of carbonyl (C=O) groups excluding carboxylic acids is 2. The summed E-state index contributed by atoms with van der Waals surface area (Å²) >= 11 is 0. The van der Waals surface area contributed by atoms with Crippen LogP contribution in [0.15, 0.2) is 91.0 Å². The van der Waals surface area contributed by atoms with Crippen molar-refractivity contribution in [2.24, 2.45) is 0 Å². The third-order valence-corrected chi connectivity index (χ3v) is 5.45. The van der Waals surface area contributed by atoms with E-state index in [1.54, 1.807) is 6.07 Å². The van der Waals surface area contributed by atoms with E-state index in [1.807, 2.05) is 72.8 Å².